The molecule has 0 aliphatic heterocycles. The summed E-state index contributed by atoms with van der Waals surface area (Å²) in [6, 6.07) is 7.61. The molecule has 0 radical (unpaired) electrons. The average molecular weight is 256 g/mol. The van der Waals surface area contributed by atoms with E-state index >= 15 is 0 Å². The molecule has 0 aliphatic rings. The monoisotopic (exact) mass is 255 g/mol. The zero-order valence-corrected chi connectivity index (χ0v) is 10.9. The molecule has 0 saturated carbocycles. The number of nitrogens with two attached hydrogens (primary N) is 1. The maximum absolute atomic E-state index is 10.9. The number of aliphatic carboxylic acids is 1. The van der Waals surface area contributed by atoms with Crippen molar-refractivity contribution >= 4 is 17.6 Å². The molecule has 2 atom stereocenters. The molecule has 0 aliphatic carbocycles. The zero-order chi connectivity index (χ0) is 13.1. The Labute approximate surface area is 107 Å². The van der Waals surface area contributed by atoms with Crippen molar-refractivity contribution in [3.05, 3.63) is 34.9 Å². The Morgan fingerprint density at radius 1 is 1.59 bits per heavy atom. The van der Waals surface area contributed by atoms with Crippen molar-refractivity contribution in [3.63, 3.8) is 0 Å². The second-order valence-corrected chi connectivity index (χ2v) is 5.15. The number of carboxylic acid groups (broad SMARTS) is 1. The minimum Gasteiger partial charge on any atom is -0.480 e. The average Bonchev–Trinajstić information content (AvgIpc) is 2.25. The largest absolute Gasteiger partial charge is 0.480 e. The maximum Gasteiger partial charge on any atom is 0.323 e. The Morgan fingerprint density at radius 3 is 2.76 bits per heavy atom. The van der Waals surface area contributed by atoms with Gasteiger partial charge in [-0.15, -0.1) is 0 Å². The highest BCUT2D eigenvalue weighted by Crippen LogP contribution is 2.25. The van der Waals surface area contributed by atoms with Crippen LogP contribution in [0.4, 0.5) is 0 Å². The quantitative estimate of drug-likeness (QED) is 0.850. The van der Waals surface area contributed by atoms with Gasteiger partial charge in [0.1, 0.15) is 5.54 Å². The first-order valence-corrected chi connectivity index (χ1v) is 5.98. The van der Waals surface area contributed by atoms with Crippen molar-refractivity contribution in [1.29, 1.82) is 0 Å². The van der Waals surface area contributed by atoms with E-state index in [0.29, 0.717) is 11.4 Å². The minimum absolute atomic E-state index is 0.246. The first-order chi connectivity index (χ1) is 7.83. The van der Waals surface area contributed by atoms with E-state index in [4.69, 9.17) is 22.4 Å². The van der Waals surface area contributed by atoms with Gasteiger partial charge in [0, 0.05) is 5.02 Å². The molecule has 0 aromatic heterocycles. The summed E-state index contributed by atoms with van der Waals surface area (Å²) in [5.74, 6) is -0.716. The Hall–Kier alpha value is -1.06. The van der Waals surface area contributed by atoms with E-state index in [1.165, 1.54) is 0 Å². The van der Waals surface area contributed by atoms with Crippen LogP contribution in [0, 0.1) is 0 Å². The van der Waals surface area contributed by atoms with Gasteiger partial charge in [0.05, 0.1) is 0 Å². The van der Waals surface area contributed by atoms with E-state index in [-0.39, 0.29) is 5.92 Å². The third-order valence-corrected chi connectivity index (χ3v) is 3.24. The van der Waals surface area contributed by atoms with Crippen LogP contribution in [0.15, 0.2) is 24.3 Å². The van der Waals surface area contributed by atoms with Gasteiger partial charge in [-0.3, -0.25) is 4.79 Å². The lowest BCUT2D eigenvalue weighted by Gasteiger charge is -2.21. The summed E-state index contributed by atoms with van der Waals surface area (Å²) < 4.78 is 0. The van der Waals surface area contributed by atoms with Gasteiger partial charge in [-0.2, -0.15) is 0 Å². The fourth-order valence-corrected chi connectivity index (χ4v) is 1.80. The molecule has 2 unspecified atom stereocenters. The van der Waals surface area contributed by atoms with Gasteiger partial charge in [-0.25, -0.2) is 0 Å². The molecule has 1 aromatic carbocycles. The Morgan fingerprint density at radius 2 is 2.24 bits per heavy atom. The molecular weight excluding hydrogens is 238 g/mol. The molecule has 0 bridgehead atoms. The van der Waals surface area contributed by atoms with Gasteiger partial charge in [-0.05, 0) is 43.4 Å². The smallest absolute Gasteiger partial charge is 0.323 e. The van der Waals surface area contributed by atoms with E-state index in [9.17, 15) is 4.79 Å². The van der Waals surface area contributed by atoms with Gasteiger partial charge in [0.25, 0.3) is 0 Å². The van der Waals surface area contributed by atoms with Gasteiger partial charge in [-0.1, -0.05) is 30.7 Å². The van der Waals surface area contributed by atoms with Crippen molar-refractivity contribution in [2.75, 3.05) is 0 Å². The van der Waals surface area contributed by atoms with E-state index in [1.807, 2.05) is 31.2 Å². The predicted octanol–water partition coefficient (Wildman–Crippen LogP) is 3.03. The Balaban J connectivity index is 2.62. The molecule has 94 valence electrons. The number of benzene rings is 1. The van der Waals surface area contributed by atoms with Crippen LogP contribution in [0.3, 0.4) is 0 Å². The van der Waals surface area contributed by atoms with Crippen molar-refractivity contribution in [3.8, 4) is 0 Å². The van der Waals surface area contributed by atoms with Crippen molar-refractivity contribution in [2.45, 2.75) is 38.1 Å². The summed E-state index contributed by atoms with van der Waals surface area (Å²) in [5, 5.41) is 9.62. The van der Waals surface area contributed by atoms with Gasteiger partial charge in [0.2, 0.25) is 0 Å². The Bertz CT molecular complexity index is 404. The van der Waals surface area contributed by atoms with Crippen LogP contribution >= 0.6 is 11.6 Å². The first-order valence-electron chi connectivity index (χ1n) is 5.60. The number of carbonyl (C=O) groups is 1. The maximum atomic E-state index is 10.9. The number of hydrogen-bond donors (Lipinski definition) is 2. The van der Waals surface area contributed by atoms with Crippen molar-refractivity contribution < 1.29 is 9.90 Å². The van der Waals surface area contributed by atoms with Gasteiger partial charge in [0.15, 0.2) is 0 Å². The molecule has 1 rings (SSSR count). The van der Waals surface area contributed by atoms with Crippen LogP contribution in [0.5, 0.6) is 0 Å². The van der Waals surface area contributed by atoms with Crippen LogP contribution in [-0.2, 0) is 4.79 Å². The molecule has 3 N–H and O–H groups in total. The molecule has 0 amide bonds. The molecule has 1 aromatic rings. The van der Waals surface area contributed by atoms with E-state index in [2.05, 4.69) is 0 Å². The van der Waals surface area contributed by atoms with Crippen LogP contribution in [0.2, 0.25) is 5.02 Å². The molecule has 17 heavy (non-hydrogen) atoms. The molecule has 0 heterocycles. The van der Waals surface area contributed by atoms with E-state index in [0.717, 1.165) is 12.0 Å². The van der Waals surface area contributed by atoms with E-state index < -0.39 is 11.5 Å². The molecule has 0 spiro atoms. The third-order valence-electron chi connectivity index (χ3n) is 3.00. The van der Waals surface area contributed by atoms with Gasteiger partial charge >= 0.3 is 5.97 Å². The van der Waals surface area contributed by atoms with Crippen molar-refractivity contribution in [1.82, 2.24) is 0 Å². The standard InChI is InChI=1S/C13H18ClNO2/c1-9(6-7-13(2,15)12(16)17)10-4-3-5-11(14)8-10/h3-5,8-9H,6-7,15H2,1-2H3,(H,16,17). The van der Waals surface area contributed by atoms with Crippen LogP contribution in [0.1, 0.15) is 38.2 Å². The second kappa shape index (κ2) is 5.52. The molecule has 4 heteroatoms. The topological polar surface area (TPSA) is 63.3 Å². The fourth-order valence-electron chi connectivity index (χ4n) is 1.60. The highest BCUT2D eigenvalue weighted by atomic mass is 35.5. The summed E-state index contributed by atoms with van der Waals surface area (Å²) in [5.41, 5.74) is 5.64. The lowest BCUT2D eigenvalue weighted by Crippen LogP contribution is -2.44. The first kappa shape index (κ1) is 14.0. The number of carboxylic acids is 1. The second-order valence-electron chi connectivity index (χ2n) is 4.72. The van der Waals surface area contributed by atoms with E-state index in [1.54, 1.807) is 6.92 Å². The fraction of sp³-hybridized carbons (Fsp3) is 0.462. The Kier molecular flexibility index (Phi) is 4.54. The highest BCUT2D eigenvalue weighted by Gasteiger charge is 2.28. The van der Waals surface area contributed by atoms with Crippen LogP contribution in [-0.4, -0.2) is 16.6 Å². The predicted molar refractivity (Wildman–Crippen MR) is 69.3 cm³/mol. The molecule has 0 fully saturated rings. The number of hydrogen-bond acceptors (Lipinski definition) is 2. The molecule has 0 saturated heterocycles. The SMILES string of the molecule is CC(CCC(C)(N)C(=O)O)c1cccc(Cl)c1. The highest BCUT2D eigenvalue weighted by molar-refractivity contribution is 6.30. The molecular formula is C13H18ClNO2. The molecule has 3 nitrogen and oxygen atoms in total. The zero-order valence-electron chi connectivity index (χ0n) is 10.1. The lowest BCUT2D eigenvalue weighted by atomic mass is 9.89. The normalized spacial score (nSPS) is 16.2. The summed E-state index contributed by atoms with van der Waals surface area (Å²) in [6.45, 7) is 3.59. The summed E-state index contributed by atoms with van der Waals surface area (Å²) in [4.78, 5) is 10.9. The number of halogens is 1. The summed E-state index contributed by atoms with van der Waals surface area (Å²) >= 11 is 5.91. The van der Waals surface area contributed by atoms with Crippen molar-refractivity contribution in [2.24, 2.45) is 5.73 Å². The lowest BCUT2D eigenvalue weighted by molar-refractivity contribution is -0.142. The number of rotatable bonds is 5. The minimum atomic E-state index is -1.16. The van der Waals surface area contributed by atoms with Crippen LogP contribution < -0.4 is 5.73 Å². The third kappa shape index (κ3) is 4.02. The summed E-state index contributed by atoms with van der Waals surface area (Å²) in [6.07, 6.45) is 1.16. The van der Waals surface area contributed by atoms with Crippen LogP contribution in [0.25, 0.3) is 0 Å². The van der Waals surface area contributed by atoms with Gasteiger partial charge < -0.3 is 10.8 Å². The summed E-state index contributed by atoms with van der Waals surface area (Å²) in [7, 11) is 0.